The zero-order valence-corrected chi connectivity index (χ0v) is 10.1. The van der Waals surface area contributed by atoms with Crippen molar-refractivity contribution in [3.05, 3.63) is 35.9 Å². The van der Waals surface area contributed by atoms with E-state index in [0.29, 0.717) is 0 Å². The first-order valence-corrected chi connectivity index (χ1v) is 5.27. The SMILES string of the molecule is COC(=NNC(N)=S)C(C=O)c1ccccc1. The molecule has 0 spiro atoms. The first-order valence-electron chi connectivity index (χ1n) is 4.86. The Balaban J connectivity index is 2.95. The van der Waals surface area contributed by atoms with Gasteiger partial charge in [-0.15, -0.1) is 5.10 Å². The molecule has 0 aliphatic carbocycles. The molecule has 5 nitrogen and oxygen atoms in total. The molecule has 1 aromatic rings. The summed E-state index contributed by atoms with van der Waals surface area (Å²) in [6.45, 7) is 0. The fourth-order valence-corrected chi connectivity index (χ4v) is 1.34. The van der Waals surface area contributed by atoms with Gasteiger partial charge in [0.25, 0.3) is 0 Å². The maximum atomic E-state index is 11.1. The molecular weight excluding hydrogens is 238 g/mol. The number of nitrogens with two attached hydrogens (primary N) is 1. The molecule has 1 rings (SSSR count). The summed E-state index contributed by atoms with van der Waals surface area (Å²) in [7, 11) is 1.43. The second kappa shape index (κ2) is 6.59. The summed E-state index contributed by atoms with van der Waals surface area (Å²) < 4.78 is 5.05. The van der Waals surface area contributed by atoms with Crippen LogP contribution in [-0.2, 0) is 9.53 Å². The molecule has 0 aliphatic heterocycles. The van der Waals surface area contributed by atoms with Crippen LogP contribution in [0.1, 0.15) is 11.5 Å². The third-order valence-electron chi connectivity index (χ3n) is 2.05. The molecule has 1 unspecified atom stereocenters. The lowest BCUT2D eigenvalue weighted by molar-refractivity contribution is -0.108. The molecule has 17 heavy (non-hydrogen) atoms. The highest BCUT2D eigenvalue weighted by molar-refractivity contribution is 7.80. The van der Waals surface area contributed by atoms with E-state index in [1.54, 1.807) is 0 Å². The number of methoxy groups -OCH3 is 1. The summed E-state index contributed by atoms with van der Waals surface area (Å²) in [4.78, 5) is 11.1. The van der Waals surface area contributed by atoms with E-state index >= 15 is 0 Å². The molecule has 3 N–H and O–H groups in total. The molecule has 1 aromatic carbocycles. The van der Waals surface area contributed by atoms with Crippen LogP contribution >= 0.6 is 12.2 Å². The smallest absolute Gasteiger partial charge is 0.220 e. The highest BCUT2D eigenvalue weighted by atomic mass is 32.1. The number of hydrogen-bond acceptors (Lipinski definition) is 4. The van der Waals surface area contributed by atoms with Crippen molar-refractivity contribution >= 4 is 29.5 Å². The van der Waals surface area contributed by atoms with E-state index in [1.165, 1.54) is 7.11 Å². The fraction of sp³-hybridized carbons (Fsp3) is 0.182. The van der Waals surface area contributed by atoms with Crippen LogP contribution in [0, 0.1) is 0 Å². The third kappa shape index (κ3) is 3.84. The van der Waals surface area contributed by atoms with Crippen molar-refractivity contribution in [2.24, 2.45) is 10.8 Å². The van der Waals surface area contributed by atoms with Gasteiger partial charge in [-0.25, -0.2) is 0 Å². The van der Waals surface area contributed by atoms with E-state index in [-0.39, 0.29) is 11.0 Å². The van der Waals surface area contributed by atoms with Gasteiger partial charge in [-0.3, -0.25) is 5.43 Å². The predicted molar refractivity (Wildman–Crippen MR) is 69.6 cm³/mol. The number of hydrogen-bond donors (Lipinski definition) is 2. The Kier molecular flexibility index (Phi) is 5.09. The lowest BCUT2D eigenvalue weighted by Crippen LogP contribution is -2.28. The minimum atomic E-state index is -0.581. The van der Waals surface area contributed by atoms with Gasteiger partial charge in [0.05, 0.1) is 7.11 Å². The van der Waals surface area contributed by atoms with Gasteiger partial charge in [0.15, 0.2) is 5.11 Å². The monoisotopic (exact) mass is 251 g/mol. The summed E-state index contributed by atoms with van der Waals surface area (Å²) in [5, 5.41) is 3.85. The fourth-order valence-electron chi connectivity index (χ4n) is 1.29. The first kappa shape index (κ1) is 13.1. The zero-order chi connectivity index (χ0) is 12.7. The van der Waals surface area contributed by atoms with Gasteiger partial charge in [-0.05, 0) is 17.8 Å². The second-order valence-corrected chi connectivity index (χ2v) is 3.59. The molecule has 0 amide bonds. The third-order valence-corrected chi connectivity index (χ3v) is 2.14. The van der Waals surface area contributed by atoms with E-state index in [0.717, 1.165) is 11.8 Å². The van der Waals surface area contributed by atoms with Gasteiger partial charge in [0.1, 0.15) is 12.2 Å². The Bertz CT molecular complexity index is 420. The standard InChI is InChI=1S/C11H13N3O2S/c1-16-10(13-14-11(12)17)9(7-15)8-5-3-2-4-6-8/h2-7,9H,1H3,(H3,12,14,17). The molecule has 6 heteroatoms. The van der Waals surface area contributed by atoms with Crippen LogP contribution < -0.4 is 11.2 Å². The van der Waals surface area contributed by atoms with Crippen molar-refractivity contribution in [3.8, 4) is 0 Å². The van der Waals surface area contributed by atoms with Crippen LogP contribution in [-0.4, -0.2) is 24.4 Å². The van der Waals surface area contributed by atoms with Crippen molar-refractivity contribution in [2.75, 3.05) is 7.11 Å². The largest absolute Gasteiger partial charge is 0.482 e. The van der Waals surface area contributed by atoms with Gasteiger partial charge in [-0.2, -0.15) is 0 Å². The van der Waals surface area contributed by atoms with Crippen LogP contribution in [0.25, 0.3) is 0 Å². The molecule has 0 aromatic heterocycles. The van der Waals surface area contributed by atoms with Crippen molar-refractivity contribution in [1.29, 1.82) is 0 Å². The average Bonchev–Trinajstić information content (AvgIpc) is 2.35. The number of hydrazone groups is 1. The van der Waals surface area contributed by atoms with Gasteiger partial charge >= 0.3 is 0 Å². The van der Waals surface area contributed by atoms with Crippen LogP contribution in [0.2, 0.25) is 0 Å². The van der Waals surface area contributed by atoms with E-state index in [1.807, 2.05) is 30.3 Å². The molecule has 90 valence electrons. The second-order valence-electron chi connectivity index (χ2n) is 3.15. The van der Waals surface area contributed by atoms with Gasteiger partial charge in [0, 0.05) is 0 Å². The van der Waals surface area contributed by atoms with Crippen molar-refractivity contribution in [3.63, 3.8) is 0 Å². The maximum Gasteiger partial charge on any atom is 0.220 e. The topological polar surface area (TPSA) is 76.7 Å². The Morgan fingerprint density at radius 1 is 1.53 bits per heavy atom. The molecular formula is C11H13N3O2S. The maximum absolute atomic E-state index is 11.1. The minimum Gasteiger partial charge on any atom is -0.482 e. The van der Waals surface area contributed by atoms with E-state index < -0.39 is 5.92 Å². The van der Waals surface area contributed by atoms with Crippen LogP contribution in [0.15, 0.2) is 35.4 Å². The van der Waals surface area contributed by atoms with Crippen molar-refractivity contribution < 1.29 is 9.53 Å². The van der Waals surface area contributed by atoms with Gasteiger partial charge in [-0.1, -0.05) is 30.3 Å². The van der Waals surface area contributed by atoms with Crippen molar-refractivity contribution in [1.82, 2.24) is 5.43 Å². The molecule has 0 aliphatic rings. The van der Waals surface area contributed by atoms with Crippen LogP contribution in [0.5, 0.6) is 0 Å². The molecule has 0 fully saturated rings. The number of aldehydes is 1. The Morgan fingerprint density at radius 3 is 2.65 bits per heavy atom. The van der Waals surface area contributed by atoms with E-state index in [2.05, 4.69) is 22.7 Å². The number of rotatable bonds is 4. The summed E-state index contributed by atoms with van der Waals surface area (Å²) in [6, 6.07) is 9.16. The summed E-state index contributed by atoms with van der Waals surface area (Å²) >= 11 is 4.62. The number of carbonyl (C=O) groups is 1. The molecule has 0 saturated heterocycles. The van der Waals surface area contributed by atoms with Crippen LogP contribution in [0.3, 0.4) is 0 Å². The van der Waals surface area contributed by atoms with Crippen LogP contribution in [0.4, 0.5) is 0 Å². The highest BCUT2D eigenvalue weighted by Crippen LogP contribution is 2.15. The number of nitrogens with one attached hydrogen (secondary N) is 1. The number of thiocarbonyl (C=S) groups is 1. The first-order chi connectivity index (χ1) is 8.19. The Hall–Kier alpha value is -1.95. The van der Waals surface area contributed by atoms with Gasteiger partial charge < -0.3 is 15.3 Å². The number of nitrogens with zero attached hydrogens (tertiary/aromatic N) is 1. The highest BCUT2D eigenvalue weighted by Gasteiger charge is 2.18. The summed E-state index contributed by atoms with van der Waals surface area (Å²) in [5.74, 6) is -0.373. The zero-order valence-electron chi connectivity index (χ0n) is 9.29. The normalized spacial score (nSPS) is 12.6. The average molecular weight is 251 g/mol. The number of benzene rings is 1. The summed E-state index contributed by atoms with van der Waals surface area (Å²) in [6.07, 6.45) is 0.749. The molecule has 0 bridgehead atoms. The van der Waals surface area contributed by atoms with E-state index in [9.17, 15) is 4.79 Å². The number of carbonyl (C=O) groups excluding carboxylic acids is 1. The molecule has 0 radical (unpaired) electrons. The summed E-state index contributed by atoms with van der Waals surface area (Å²) in [5.41, 5.74) is 8.42. The van der Waals surface area contributed by atoms with E-state index in [4.69, 9.17) is 10.5 Å². The quantitative estimate of drug-likeness (QED) is 0.272. The predicted octanol–water partition coefficient (Wildman–Crippen LogP) is 0.762. The van der Waals surface area contributed by atoms with Crippen molar-refractivity contribution in [2.45, 2.75) is 5.92 Å². The minimum absolute atomic E-state index is 0.0114. The molecule has 0 saturated carbocycles. The Labute approximate surface area is 105 Å². The number of ether oxygens (including phenoxy) is 1. The molecule has 0 heterocycles. The molecule has 1 atom stereocenters. The Morgan fingerprint density at radius 2 is 2.18 bits per heavy atom. The lowest BCUT2D eigenvalue weighted by Gasteiger charge is -2.12. The van der Waals surface area contributed by atoms with Gasteiger partial charge in [0.2, 0.25) is 5.90 Å². The lowest BCUT2D eigenvalue weighted by atomic mass is 10.0.